The second kappa shape index (κ2) is 3.97. The zero-order chi connectivity index (χ0) is 11.7. The topological polar surface area (TPSA) is 38.0 Å². The summed E-state index contributed by atoms with van der Waals surface area (Å²) < 4.78 is 1.90. The molecule has 0 saturated heterocycles. The van der Waals surface area contributed by atoms with E-state index in [0.717, 1.165) is 13.0 Å². The zero-order valence-electron chi connectivity index (χ0n) is 10.4. The maximum atomic E-state index is 9.60. The van der Waals surface area contributed by atoms with E-state index in [1.165, 1.54) is 5.56 Å². The maximum Gasteiger partial charge on any atom is 0.0609 e. The number of aryl methyl sites for hydroxylation is 1. The molecule has 1 N–H and O–H groups in total. The van der Waals surface area contributed by atoms with E-state index in [2.05, 4.69) is 32.1 Å². The summed E-state index contributed by atoms with van der Waals surface area (Å²) in [6.07, 6.45) is 4.69. The summed E-state index contributed by atoms with van der Waals surface area (Å²) in [6.45, 7) is 10.9. The van der Waals surface area contributed by atoms with Crippen LogP contribution in [0.1, 0.15) is 46.6 Å². The first-order valence-corrected chi connectivity index (χ1v) is 5.44. The molecule has 0 saturated carbocycles. The van der Waals surface area contributed by atoms with Gasteiger partial charge in [-0.1, -0.05) is 20.8 Å². The Hall–Kier alpha value is -0.830. The van der Waals surface area contributed by atoms with Crippen molar-refractivity contribution in [2.24, 2.45) is 0 Å². The quantitative estimate of drug-likeness (QED) is 0.831. The summed E-state index contributed by atoms with van der Waals surface area (Å²) in [5, 5.41) is 13.9. The van der Waals surface area contributed by atoms with Crippen molar-refractivity contribution in [2.45, 2.75) is 58.6 Å². The lowest BCUT2D eigenvalue weighted by Crippen LogP contribution is -2.21. The van der Waals surface area contributed by atoms with E-state index in [1.54, 1.807) is 0 Å². The van der Waals surface area contributed by atoms with Gasteiger partial charge < -0.3 is 5.11 Å². The highest BCUT2D eigenvalue weighted by Crippen LogP contribution is 2.21. The summed E-state index contributed by atoms with van der Waals surface area (Å²) in [5.41, 5.74) is 0.763. The monoisotopic (exact) mass is 210 g/mol. The van der Waals surface area contributed by atoms with Gasteiger partial charge in [0.15, 0.2) is 0 Å². The van der Waals surface area contributed by atoms with E-state index < -0.39 is 5.60 Å². The molecule has 3 heteroatoms. The zero-order valence-corrected chi connectivity index (χ0v) is 10.4. The molecule has 1 aromatic rings. The van der Waals surface area contributed by atoms with Gasteiger partial charge in [-0.15, -0.1) is 0 Å². The summed E-state index contributed by atoms with van der Waals surface area (Å²) in [5.74, 6) is 0. The Morgan fingerprint density at radius 1 is 1.27 bits per heavy atom. The van der Waals surface area contributed by atoms with Gasteiger partial charge in [0, 0.05) is 12.7 Å². The fourth-order valence-electron chi connectivity index (χ4n) is 1.26. The standard InChI is InChI=1S/C12H22N2O/c1-11(2,3)10-8-13-14(9-10)7-6-12(4,5)15/h8-9,15H,6-7H2,1-5H3. The Balaban J connectivity index is 2.62. The van der Waals surface area contributed by atoms with E-state index in [9.17, 15) is 5.11 Å². The molecule has 0 atom stereocenters. The molecule has 0 bridgehead atoms. The van der Waals surface area contributed by atoms with Crippen LogP contribution in [-0.2, 0) is 12.0 Å². The highest BCUT2D eigenvalue weighted by Gasteiger charge is 2.17. The second-order valence-corrected chi connectivity index (χ2v) is 5.80. The molecule has 0 spiro atoms. The third kappa shape index (κ3) is 4.04. The lowest BCUT2D eigenvalue weighted by Gasteiger charge is -2.17. The molecular formula is C12H22N2O. The molecule has 1 rings (SSSR count). The van der Waals surface area contributed by atoms with Gasteiger partial charge >= 0.3 is 0 Å². The Kier molecular flexibility index (Phi) is 3.24. The Labute approximate surface area is 92.1 Å². The van der Waals surface area contributed by atoms with Crippen molar-refractivity contribution in [3.05, 3.63) is 18.0 Å². The predicted molar refractivity (Wildman–Crippen MR) is 61.8 cm³/mol. The van der Waals surface area contributed by atoms with Crippen molar-refractivity contribution in [1.29, 1.82) is 0 Å². The molecule has 1 heterocycles. The van der Waals surface area contributed by atoms with Crippen LogP contribution in [0.3, 0.4) is 0 Å². The molecule has 0 fully saturated rings. The van der Waals surface area contributed by atoms with Crippen molar-refractivity contribution in [3.63, 3.8) is 0 Å². The van der Waals surface area contributed by atoms with Crippen molar-refractivity contribution in [3.8, 4) is 0 Å². The van der Waals surface area contributed by atoms with E-state index >= 15 is 0 Å². The van der Waals surface area contributed by atoms with Crippen molar-refractivity contribution in [2.75, 3.05) is 0 Å². The Bertz CT molecular complexity index is 315. The van der Waals surface area contributed by atoms with Crippen LogP contribution in [0.5, 0.6) is 0 Å². The van der Waals surface area contributed by atoms with E-state index in [-0.39, 0.29) is 5.41 Å². The molecule has 0 radical (unpaired) electrons. The van der Waals surface area contributed by atoms with Crippen LogP contribution < -0.4 is 0 Å². The minimum atomic E-state index is -0.617. The van der Waals surface area contributed by atoms with E-state index in [0.29, 0.717) is 0 Å². The number of hydrogen-bond acceptors (Lipinski definition) is 2. The first-order valence-electron chi connectivity index (χ1n) is 5.44. The molecule has 0 aliphatic carbocycles. The Morgan fingerprint density at radius 2 is 1.87 bits per heavy atom. The molecule has 0 amide bonds. The summed E-state index contributed by atoms with van der Waals surface area (Å²) in [6, 6.07) is 0. The maximum absolute atomic E-state index is 9.60. The highest BCUT2D eigenvalue weighted by atomic mass is 16.3. The molecule has 0 unspecified atom stereocenters. The molecule has 0 aliphatic rings. The average molecular weight is 210 g/mol. The molecule has 15 heavy (non-hydrogen) atoms. The lowest BCUT2D eigenvalue weighted by molar-refractivity contribution is 0.0651. The minimum absolute atomic E-state index is 0.146. The number of nitrogens with zero attached hydrogens (tertiary/aromatic N) is 2. The highest BCUT2D eigenvalue weighted by molar-refractivity contribution is 5.14. The minimum Gasteiger partial charge on any atom is -0.390 e. The predicted octanol–water partition coefficient (Wildman–Crippen LogP) is 2.34. The third-order valence-electron chi connectivity index (χ3n) is 2.45. The molecule has 0 aliphatic heterocycles. The molecular weight excluding hydrogens is 188 g/mol. The smallest absolute Gasteiger partial charge is 0.0609 e. The van der Waals surface area contributed by atoms with Crippen LogP contribution in [-0.4, -0.2) is 20.5 Å². The Morgan fingerprint density at radius 3 is 2.27 bits per heavy atom. The van der Waals surface area contributed by atoms with Gasteiger partial charge in [0.25, 0.3) is 0 Å². The average Bonchev–Trinajstić information content (AvgIpc) is 2.45. The molecule has 3 nitrogen and oxygen atoms in total. The molecule has 86 valence electrons. The number of aromatic nitrogens is 2. The summed E-state index contributed by atoms with van der Waals surface area (Å²) in [4.78, 5) is 0. The van der Waals surface area contributed by atoms with Crippen LogP contribution >= 0.6 is 0 Å². The van der Waals surface area contributed by atoms with Crippen LogP contribution in [0.25, 0.3) is 0 Å². The largest absolute Gasteiger partial charge is 0.390 e. The fraction of sp³-hybridized carbons (Fsp3) is 0.750. The second-order valence-electron chi connectivity index (χ2n) is 5.80. The fourth-order valence-corrected chi connectivity index (χ4v) is 1.26. The van der Waals surface area contributed by atoms with Crippen LogP contribution in [0.4, 0.5) is 0 Å². The van der Waals surface area contributed by atoms with Gasteiger partial charge in [-0.05, 0) is 31.2 Å². The van der Waals surface area contributed by atoms with Gasteiger partial charge in [-0.3, -0.25) is 4.68 Å². The number of rotatable bonds is 3. The molecule has 0 aromatic carbocycles. The van der Waals surface area contributed by atoms with Gasteiger partial charge in [0.1, 0.15) is 0 Å². The lowest BCUT2D eigenvalue weighted by atomic mass is 9.90. The van der Waals surface area contributed by atoms with Crippen molar-refractivity contribution in [1.82, 2.24) is 9.78 Å². The SMILES string of the molecule is CC(C)(O)CCn1cc(C(C)(C)C)cn1. The normalized spacial score (nSPS) is 13.2. The van der Waals surface area contributed by atoms with Gasteiger partial charge in [0.05, 0.1) is 11.8 Å². The third-order valence-corrected chi connectivity index (χ3v) is 2.45. The van der Waals surface area contributed by atoms with Crippen molar-refractivity contribution >= 4 is 0 Å². The van der Waals surface area contributed by atoms with Crippen molar-refractivity contribution < 1.29 is 5.11 Å². The first kappa shape index (κ1) is 12.2. The molecule has 1 aromatic heterocycles. The first-order chi connectivity index (χ1) is 6.68. The number of hydrogen-bond donors (Lipinski definition) is 1. The van der Waals surface area contributed by atoms with Gasteiger partial charge in [0.2, 0.25) is 0 Å². The van der Waals surface area contributed by atoms with Crippen LogP contribution in [0.2, 0.25) is 0 Å². The van der Waals surface area contributed by atoms with Gasteiger partial charge in [-0.25, -0.2) is 0 Å². The van der Waals surface area contributed by atoms with E-state index in [1.807, 2.05) is 24.7 Å². The van der Waals surface area contributed by atoms with E-state index in [4.69, 9.17) is 0 Å². The van der Waals surface area contributed by atoms with Crippen LogP contribution in [0, 0.1) is 0 Å². The summed E-state index contributed by atoms with van der Waals surface area (Å²) >= 11 is 0. The van der Waals surface area contributed by atoms with Gasteiger partial charge in [-0.2, -0.15) is 5.10 Å². The number of aliphatic hydroxyl groups is 1. The van der Waals surface area contributed by atoms with Crippen LogP contribution in [0.15, 0.2) is 12.4 Å². The summed E-state index contributed by atoms with van der Waals surface area (Å²) in [7, 11) is 0.